The molecule has 0 bridgehead atoms. The summed E-state index contributed by atoms with van der Waals surface area (Å²) in [6.45, 7) is 15.6. The molecule has 0 saturated carbocycles. The minimum absolute atomic E-state index is 0.108. The number of hydrogen-bond donors (Lipinski definition) is 1. The van der Waals surface area contributed by atoms with Crippen LogP contribution in [0.5, 0.6) is 0 Å². The summed E-state index contributed by atoms with van der Waals surface area (Å²) in [6, 6.07) is 5.44. The number of hydrogen-bond acceptors (Lipinski definition) is 5. The van der Waals surface area contributed by atoms with E-state index in [2.05, 4.69) is 5.32 Å². The summed E-state index contributed by atoms with van der Waals surface area (Å²) >= 11 is 0. The lowest BCUT2D eigenvalue weighted by atomic mass is 9.76. The molecule has 0 aliphatic carbocycles. The molecule has 0 unspecified atom stereocenters. The standard InChI is InChI=1S/C21H32BNO5/c1-9-26-17(24)13-14-10-11-16(23-18(25)19(2,3)4)15(12-14)22-27-20(5,6)21(7,8)28-22/h10-12H,9,13H2,1-8H3,(H,23,25). The van der Waals surface area contributed by atoms with Gasteiger partial charge in [-0.2, -0.15) is 0 Å². The van der Waals surface area contributed by atoms with Gasteiger partial charge in [-0.25, -0.2) is 0 Å². The third-order valence-corrected chi connectivity index (χ3v) is 5.21. The van der Waals surface area contributed by atoms with E-state index in [0.717, 1.165) is 5.56 Å². The summed E-state index contributed by atoms with van der Waals surface area (Å²) in [6.07, 6.45) is 0.147. The summed E-state index contributed by atoms with van der Waals surface area (Å²) < 4.78 is 17.4. The SMILES string of the molecule is CCOC(=O)Cc1ccc(NC(=O)C(C)(C)C)c(B2OC(C)(C)C(C)(C)O2)c1. The zero-order valence-corrected chi connectivity index (χ0v) is 18.3. The molecule has 1 aromatic carbocycles. The summed E-state index contributed by atoms with van der Waals surface area (Å²) in [5, 5.41) is 2.97. The van der Waals surface area contributed by atoms with Crippen LogP contribution in [0.1, 0.15) is 61.0 Å². The molecule has 1 fully saturated rings. The Balaban J connectivity index is 2.40. The third kappa shape index (κ3) is 4.94. The molecule has 1 heterocycles. The van der Waals surface area contributed by atoms with Crippen LogP contribution in [0.3, 0.4) is 0 Å². The van der Waals surface area contributed by atoms with Gasteiger partial charge in [0.05, 0.1) is 24.2 Å². The first-order valence-corrected chi connectivity index (χ1v) is 9.72. The zero-order chi connectivity index (χ0) is 21.3. The van der Waals surface area contributed by atoms with Gasteiger partial charge in [0.1, 0.15) is 0 Å². The van der Waals surface area contributed by atoms with Gasteiger partial charge in [-0.1, -0.05) is 32.9 Å². The van der Waals surface area contributed by atoms with Crippen molar-refractivity contribution in [2.75, 3.05) is 11.9 Å². The Hall–Kier alpha value is -1.86. The molecular weight excluding hydrogens is 357 g/mol. The fraction of sp³-hybridized carbons (Fsp3) is 0.619. The highest BCUT2D eigenvalue weighted by Gasteiger charge is 2.52. The summed E-state index contributed by atoms with van der Waals surface area (Å²) in [4.78, 5) is 24.4. The summed E-state index contributed by atoms with van der Waals surface area (Å²) in [5.41, 5.74) is 0.512. The van der Waals surface area contributed by atoms with Crippen molar-refractivity contribution >= 4 is 30.1 Å². The summed E-state index contributed by atoms with van der Waals surface area (Å²) in [5.74, 6) is -0.405. The molecule has 0 radical (unpaired) electrons. The number of benzene rings is 1. The Labute approximate surface area is 168 Å². The number of ether oxygens (including phenoxy) is 1. The van der Waals surface area contributed by atoms with Crippen molar-refractivity contribution in [3.05, 3.63) is 23.8 Å². The van der Waals surface area contributed by atoms with Gasteiger partial charge in [-0.05, 0) is 46.2 Å². The largest absolute Gasteiger partial charge is 0.496 e. The molecule has 6 nitrogen and oxygen atoms in total. The number of carbonyl (C=O) groups excluding carboxylic acids is 2. The average molecular weight is 389 g/mol. The second-order valence-electron chi connectivity index (χ2n) is 9.20. The number of amides is 1. The van der Waals surface area contributed by atoms with Gasteiger partial charge >= 0.3 is 13.1 Å². The van der Waals surface area contributed by atoms with Crippen molar-refractivity contribution in [1.82, 2.24) is 0 Å². The predicted octanol–water partition coefficient (Wildman–Crippen LogP) is 3.08. The van der Waals surface area contributed by atoms with Gasteiger partial charge < -0.3 is 19.4 Å². The molecule has 2 rings (SSSR count). The van der Waals surface area contributed by atoms with Crippen LogP contribution in [0.15, 0.2) is 18.2 Å². The minimum atomic E-state index is -0.651. The number of esters is 1. The van der Waals surface area contributed by atoms with Crippen LogP contribution in [0.25, 0.3) is 0 Å². The Bertz CT molecular complexity index is 736. The van der Waals surface area contributed by atoms with Crippen LogP contribution < -0.4 is 10.8 Å². The van der Waals surface area contributed by atoms with Gasteiger partial charge in [0, 0.05) is 16.6 Å². The third-order valence-electron chi connectivity index (χ3n) is 5.21. The van der Waals surface area contributed by atoms with Crippen molar-refractivity contribution in [1.29, 1.82) is 0 Å². The molecule has 28 heavy (non-hydrogen) atoms. The Morgan fingerprint density at radius 2 is 1.68 bits per heavy atom. The Morgan fingerprint density at radius 3 is 2.18 bits per heavy atom. The highest BCUT2D eigenvalue weighted by Crippen LogP contribution is 2.37. The van der Waals surface area contributed by atoms with Crippen molar-refractivity contribution in [2.45, 2.75) is 73.0 Å². The Kier molecular flexibility index (Phi) is 6.31. The number of rotatable bonds is 5. The van der Waals surface area contributed by atoms with Crippen LogP contribution in [-0.2, 0) is 30.1 Å². The first-order valence-electron chi connectivity index (χ1n) is 9.72. The van der Waals surface area contributed by atoms with Crippen molar-refractivity contribution in [3.63, 3.8) is 0 Å². The van der Waals surface area contributed by atoms with Gasteiger partial charge in [0.15, 0.2) is 0 Å². The first-order chi connectivity index (χ1) is 12.8. The van der Waals surface area contributed by atoms with E-state index in [1.165, 1.54) is 0 Å². The average Bonchev–Trinajstić information content (AvgIpc) is 2.76. The number of anilines is 1. The molecule has 1 aliphatic heterocycles. The van der Waals surface area contributed by atoms with Crippen LogP contribution in [0.2, 0.25) is 0 Å². The molecule has 1 aromatic rings. The smallest absolute Gasteiger partial charge is 0.466 e. The van der Waals surface area contributed by atoms with E-state index in [1.54, 1.807) is 13.0 Å². The molecule has 154 valence electrons. The van der Waals surface area contributed by atoms with Gasteiger partial charge in [0.25, 0.3) is 0 Å². The van der Waals surface area contributed by atoms with E-state index in [0.29, 0.717) is 17.8 Å². The van der Waals surface area contributed by atoms with E-state index in [-0.39, 0.29) is 18.3 Å². The predicted molar refractivity (Wildman–Crippen MR) is 111 cm³/mol. The van der Waals surface area contributed by atoms with E-state index in [1.807, 2.05) is 60.6 Å². The van der Waals surface area contributed by atoms with Gasteiger partial charge in [-0.15, -0.1) is 0 Å². The Morgan fingerprint density at radius 1 is 1.11 bits per heavy atom. The molecule has 7 heteroatoms. The first kappa shape index (κ1) is 22.4. The van der Waals surface area contributed by atoms with E-state index >= 15 is 0 Å². The number of carbonyl (C=O) groups is 2. The maximum Gasteiger partial charge on any atom is 0.496 e. The molecule has 0 aromatic heterocycles. The topological polar surface area (TPSA) is 73.9 Å². The van der Waals surface area contributed by atoms with E-state index < -0.39 is 23.7 Å². The molecule has 0 spiro atoms. The summed E-state index contributed by atoms with van der Waals surface area (Å²) in [7, 11) is -0.651. The van der Waals surface area contributed by atoms with Crippen LogP contribution >= 0.6 is 0 Å². The maximum atomic E-state index is 12.5. The minimum Gasteiger partial charge on any atom is -0.466 e. The second-order valence-corrected chi connectivity index (χ2v) is 9.20. The van der Waals surface area contributed by atoms with Crippen molar-refractivity contribution in [2.24, 2.45) is 5.41 Å². The lowest BCUT2D eigenvalue weighted by Crippen LogP contribution is -2.41. The van der Waals surface area contributed by atoms with Gasteiger partial charge in [0.2, 0.25) is 5.91 Å². The monoisotopic (exact) mass is 389 g/mol. The molecule has 1 saturated heterocycles. The molecule has 1 amide bonds. The van der Waals surface area contributed by atoms with E-state index in [9.17, 15) is 9.59 Å². The van der Waals surface area contributed by atoms with Crippen LogP contribution in [-0.4, -0.2) is 36.8 Å². The second kappa shape index (κ2) is 7.87. The maximum absolute atomic E-state index is 12.5. The lowest BCUT2D eigenvalue weighted by Gasteiger charge is -2.32. The fourth-order valence-corrected chi connectivity index (χ4v) is 2.69. The van der Waals surface area contributed by atoms with Crippen LogP contribution in [0, 0.1) is 5.41 Å². The fourth-order valence-electron chi connectivity index (χ4n) is 2.69. The molecule has 1 N–H and O–H groups in total. The zero-order valence-electron chi connectivity index (χ0n) is 18.3. The van der Waals surface area contributed by atoms with Gasteiger partial charge in [-0.3, -0.25) is 9.59 Å². The quantitative estimate of drug-likeness (QED) is 0.619. The molecule has 1 aliphatic rings. The van der Waals surface area contributed by atoms with Crippen molar-refractivity contribution in [3.8, 4) is 0 Å². The molecule has 0 atom stereocenters. The van der Waals surface area contributed by atoms with Crippen LogP contribution in [0.4, 0.5) is 5.69 Å². The highest BCUT2D eigenvalue weighted by atomic mass is 16.7. The highest BCUT2D eigenvalue weighted by molar-refractivity contribution is 6.64. The number of nitrogens with one attached hydrogen (secondary N) is 1. The molecular formula is C21H32BNO5. The van der Waals surface area contributed by atoms with E-state index in [4.69, 9.17) is 14.0 Å². The lowest BCUT2D eigenvalue weighted by molar-refractivity contribution is -0.142. The van der Waals surface area contributed by atoms with Crippen molar-refractivity contribution < 1.29 is 23.6 Å². The normalized spacial score (nSPS) is 18.1.